The summed E-state index contributed by atoms with van der Waals surface area (Å²) in [7, 11) is 0. The minimum absolute atomic E-state index is 0.00325. The van der Waals surface area contributed by atoms with Crippen LogP contribution in [-0.4, -0.2) is 25.6 Å². The molecule has 1 aromatic carbocycles. The Morgan fingerprint density at radius 3 is 2.40 bits per heavy atom. The third-order valence-corrected chi connectivity index (χ3v) is 3.76. The monoisotopic (exact) mass is 406 g/mol. The summed E-state index contributed by atoms with van der Waals surface area (Å²) in [6, 6.07) is 4.05. The van der Waals surface area contributed by atoms with Gasteiger partial charge >= 0.3 is 0 Å². The highest BCUT2D eigenvalue weighted by atomic mass is 79.9. The number of carbonyl (C=O) groups excluding carboxylic acids is 1. The highest BCUT2D eigenvalue weighted by Crippen LogP contribution is 2.34. The fourth-order valence-corrected chi connectivity index (χ4v) is 3.16. The molecule has 0 heterocycles. The fraction of sp³-hybridized carbons (Fsp3) is 0.500. The van der Waals surface area contributed by atoms with Crippen molar-refractivity contribution in [2.24, 2.45) is 0 Å². The number of carbonyl (C=O) groups is 1. The summed E-state index contributed by atoms with van der Waals surface area (Å²) >= 11 is 7.01. The van der Waals surface area contributed by atoms with Crippen molar-refractivity contribution in [2.45, 2.75) is 26.8 Å². The second kappa shape index (κ2) is 9.37. The molecule has 1 amide bonds. The van der Waals surface area contributed by atoms with E-state index < -0.39 is 0 Å². The van der Waals surface area contributed by atoms with Gasteiger partial charge in [0.1, 0.15) is 5.75 Å². The minimum Gasteiger partial charge on any atom is -0.491 e. The van der Waals surface area contributed by atoms with Gasteiger partial charge in [0.15, 0.2) is 0 Å². The second-order valence-corrected chi connectivity index (χ2v) is 5.93. The van der Waals surface area contributed by atoms with Crippen molar-refractivity contribution in [1.29, 1.82) is 0 Å². The minimum atomic E-state index is 0.00325. The van der Waals surface area contributed by atoms with Crippen LogP contribution in [-0.2, 0) is 11.3 Å². The van der Waals surface area contributed by atoms with Gasteiger partial charge in [-0.25, -0.2) is 0 Å². The zero-order valence-electron chi connectivity index (χ0n) is 11.8. The molecule has 0 aliphatic carbocycles. The zero-order valence-corrected chi connectivity index (χ0v) is 14.9. The molecular formula is C14H20Br2N2O2. The summed E-state index contributed by atoms with van der Waals surface area (Å²) in [4.78, 5) is 11.4. The average Bonchev–Trinajstić information content (AvgIpc) is 2.40. The Labute approximate surface area is 136 Å². The topological polar surface area (TPSA) is 50.4 Å². The molecule has 0 spiro atoms. The van der Waals surface area contributed by atoms with E-state index in [2.05, 4.69) is 49.4 Å². The van der Waals surface area contributed by atoms with Crippen LogP contribution in [0.2, 0.25) is 0 Å². The third kappa shape index (κ3) is 5.81. The molecule has 1 aromatic rings. The summed E-state index contributed by atoms with van der Waals surface area (Å²) in [6.07, 6.45) is 0.353. The van der Waals surface area contributed by atoms with Crippen molar-refractivity contribution in [3.63, 3.8) is 0 Å². The first kappa shape index (κ1) is 17.5. The van der Waals surface area contributed by atoms with E-state index in [1.165, 1.54) is 5.56 Å². The van der Waals surface area contributed by atoms with Crippen LogP contribution in [0.3, 0.4) is 0 Å². The summed E-state index contributed by atoms with van der Waals surface area (Å²) in [5.74, 6) is 0.734. The van der Waals surface area contributed by atoms with Crippen LogP contribution >= 0.6 is 31.9 Å². The molecule has 0 unspecified atom stereocenters. The van der Waals surface area contributed by atoms with Crippen LogP contribution in [0.15, 0.2) is 21.1 Å². The molecule has 0 aliphatic heterocycles. The van der Waals surface area contributed by atoms with Gasteiger partial charge < -0.3 is 15.4 Å². The second-order valence-electron chi connectivity index (χ2n) is 4.22. The third-order valence-electron chi connectivity index (χ3n) is 2.59. The van der Waals surface area contributed by atoms with Crippen molar-refractivity contribution in [2.75, 3.05) is 19.7 Å². The zero-order chi connectivity index (χ0) is 15.0. The van der Waals surface area contributed by atoms with Gasteiger partial charge in [0.2, 0.25) is 5.91 Å². The quantitative estimate of drug-likeness (QED) is 0.695. The number of benzene rings is 1. The summed E-state index contributed by atoms with van der Waals surface area (Å²) in [5, 5.41) is 6.02. The van der Waals surface area contributed by atoms with E-state index in [0.29, 0.717) is 19.6 Å². The number of rotatable bonds is 8. The first-order valence-corrected chi connectivity index (χ1v) is 8.25. The Kier molecular flexibility index (Phi) is 8.18. The number of nitrogens with one attached hydrogen (secondary N) is 2. The lowest BCUT2D eigenvalue weighted by Gasteiger charge is -2.12. The van der Waals surface area contributed by atoms with E-state index in [-0.39, 0.29) is 5.91 Å². The van der Waals surface area contributed by atoms with Crippen molar-refractivity contribution < 1.29 is 9.53 Å². The van der Waals surface area contributed by atoms with E-state index in [4.69, 9.17) is 4.74 Å². The SMILES string of the molecule is CCNCc1cc(Br)c(OCCC(=O)NCC)c(Br)c1. The smallest absolute Gasteiger partial charge is 0.223 e. The van der Waals surface area contributed by atoms with Gasteiger partial charge in [0, 0.05) is 13.1 Å². The van der Waals surface area contributed by atoms with E-state index in [1.807, 2.05) is 19.1 Å². The molecule has 4 nitrogen and oxygen atoms in total. The number of halogens is 2. The van der Waals surface area contributed by atoms with Gasteiger partial charge in [-0.2, -0.15) is 0 Å². The Bertz CT molecular complexity index is 430. The maximum absolute atomic E-state index is 11.4. The highest BCUT2D eigenvalue weighted by Gasteiger charge is 2.10. The predicted molar refractivity (Wildman–Crippen MR) is 88.0 cm³/mol. The van der Waals surface area contributed by atoms with Gasteiger partial charge in [0.05, 0.1) is 22.0 Å². The van der Waals surface area contributed by atoms with Gasteiger partial charge in [-0.15, -0.1) is 0 Å². The standard InChI is InChI=1S/C14H20Br2N2O2/c1-3-17-9-10-7-11(15)14(12(16)8-10)20-6-5-13(19)18-4-2/h7-8,17H,3-6,9H2,1-2H3,(H,18,19). The lowest BCUT2D eigenvalue weighted by atomic mass is 10.2. The number of amides is 1. The molecule has 0 fully saturated rings. The normalized spacial score (nSPS) is 10.4. The van der Waals surface area contributed by atoms with Crippen LogP contribution in [0.1, 0.15) is 25.8 Å². The van der Waals surface area contributed by atoms with E-state index >= 15 is 0 Å². The molecule has 2 N–H and O–H groups in total. The van der Waals surface area contributed by atoms with Crippen LogP contribution in [0.5, 0.6) is 5.75 Å². The molecule has 1 rings (SSSR count). The maximum Gasteiger partial charge on any atom is 0.223 e. The van der Waals surface area contributed by atoms with Crippen molar-refractivity contribution >= 4 is 37.8 Å². The molecule has 112 valence electrons. The first-order chi connectivity index (χ1) is 9.58. The van der Waals surface area contributed by atoms with Crippen molar-refractivity contribution in [1.82, 2.24) is 10.6 Å². The predicted octanol–water partition coefficient (Wildman–Crippen LogP) is 3.23. The molecular weight excluding hydrogens is 388 g/mol. The molecule has 6 heteroatoms. The van der Waals surface area contributed by atoms with Crippen LogP contribution in [0.25, 0.3) is 0 Å². The Morgan fingerprint density at radius 2 is 1.85 bits per heavy atom. The molecule has 0 atom stereocenters. The maximum atomic E-state index is 11.4. The Hall–Kier alpha value is -0.590. The fourth-order valence-electron chi connectivity index (χ4n) is 1.65. The first-order valence-electron chi connectivity index (χ1n) is 6.66. The van der Waals surface area contributed by atoms with Crippen LogP contribution < -0.4 is 15.4 Å². The van der Waals surface area contributed by atoms with E-state index in [0.717, 1.165) is 27.8 Å². The summed E-state index contributed by atoms with van der Waals surface area (Å²) in [6.45, 7) is 6.71. The average molecular weight is 408 g/mol. The van der Waals surface area contributed by atoms with Crippen LogP contribution in [0.4, 0.5) is 0 Å². The highest BCUT2D eigenvalue weighted by molar-refractivity contribution is 9.11. The van der Waals surface area contributed by atoms with Crippen molar-refractivity contribution in [3.05, 3.63) is 26.6 Å². The van der Waals surface area contributed by atoms with Gasteiger partial charge in [-0.1, -0.05) is 6.92 Å². The summed E-state index contributed by atoms with van der Waals surface area (Å²) in [5.41, 5.74) is 1.17. The molecule has 0 aliphatic rings. The van der Waals surface area contributed by atoms with Gasteiger partial charge in [-0.3, -0.25) is 4.79 Å². The largest absolute Gasteiger partial charge is 0.491 e. The van der Waals surface area contributed by atoms with E-state index in [1.54, 1.807) is 0 Å². The molecule has 0 radical (unpaired) electrons. The number of hydrogen-bond acceptors (Lipinski definition) is 3. The lowest BCUT2D eigenvalue weighted by Crippen LogP contribution is -2.24. The van der Waals surface area contributed by atoms with Gasteiger partial charge in [0.25, 0.3) is 0 Å². The van der Waals surface area contributed by atoms with Crippen molar-refractivity contribution in [3.8, 4) is 5.75 Å². The van der Waals surface area contributed by atoms with E-state index in [9.17, 15) is 4.79 Å². The number of ether oxygens (including phenoxy) is 1. The lowest BCUT2D eigenvalue weighted by molar-refractivity contribution is -0.121. The molecule has 0 aromatic heterocycles. The van der Waals surface area contributed by atoms with Gasteiger partial charge in [-0.05, 0) is 63.0 Å². The summed E-state index contributed by atoms with van der Waals surface area (Å²) < 4.78 is 7.44. The Morgan fingerprint density at radius 1 is 1.20 bits per heavy atom. The molecule has 0 bridgehead atoms. The molecule has 0 saturated heterocycles. The van der Waals surface area contributed by atoms with Crippen LogP contribution in [0, 0.1) is 0 Å². The Balaban J connectivity index is 2.59. The number of hydrogen-bond donors (Lipinski definition) is 2. The molecule has 20 heavy (non-hydrogen) atoms. The molecule has 0 saturated carbocycles.